The number of carbonyl (C=O) groups is 1. The summed E-state index contributed by atoms with van der Waals surface area (Å²) in [6.07, 6.45) is 2.56. The van der Waals surface area contributed by atoms with Crippen LogP contribution in [0.2, 0.25) is 5.15 Å². The molecule has 1 aliphatic heterocycles. The van der Waals surface area contributed by atoms with Gasteiger partial charge in [0.25, 0.3) is 0 Å². The average molecular weight is 405 g/mol. The van der Waals surface area contributed by atoms with Crippen molar-refractivity contribution in [2.45, 2.75) is 52.6 Å². The van der Waals surface area contributed by atoms with E-state index in [4.69, 9.17) is 21.1 Å². The van der Waals surface area contributed by atoms with Crippen LogP contribution in [0.4, 0.5) is 4.79 Å². The summed E-state index contributed by atoms with van der Waals surface area (Å²) in [5.74, 6) is 1.11. The maximum atomic E-state index is 12.3. The number of nitrogens with zero attached hydrogens (tertiary/aromatic N) is 1. The van der Waals surface area contributed by atoms with Gasteiger partial charge in [0, 0.05) is 30.1 Å². The largest absolute Gasteiger partial charge is 0.496 e. The molecule has 0 fully saturated rings. The smallest absolute Gasteiger partial charge is 0.410 e. The zero-order chi connectivity index (χ0) is 20.6. The predicted molar refractivity (Wildman–Crippen MR) is 114 cm³/mol. The topological polar surface area (TPSA) is 54.6 Å². The van der Waals surface area contributed by atoms with Gasteiger partial charge in [0.15, 0.2) is 0 Å². The highest BCUT2D eigenvalue weighted by Gasteiger charge is 2.25. The number of halogens is 1. The summed E-state index contributed by atoms with van der Waals surface area (Å²) in [6.45, 7) is 11.1. The Morgan fingerprint density at radius 1 is 1.29 bits per heavy atom. The Morgan fingerprint density at radius 3 is 2.54 bits per heavy atom. The van der Waals surface area contributed by atoms with Gasteiger partial charge in [0.1, 0.15) is 16.5 Å². The minimum Gasteiger partial charge on any atom is -0.496 e. The molecule has 0 saturated heterocycles. The molecule has 1 amide bonds. The molecule has 0 saturated carbocycles. The Hall–Kier alpha value is -2.14. The van der Waals surface area contributed by atoms with Crippen LogP contribution in [0, 0.1) is 0 Å². The summed E-state index contributed by atoms with van der Waals surface area (Å²) >= 11 is 6.43. The van der Waals surface area contributed by atoms with Crippen molar-refractivity contribution in [3.8, 4) is 5.75 Å². The number of hydrogen-bond acceptors (Lipinski definition) is 3. The van der Waals surface area contributed by atoms with E-state index in [0.717, 1.165) is 34.2 Å². The number of fused-ring (bicyclic) bond motifs is 1. The lowest BCUT2D eigenvalue weighted by molar-refractivity contribution is 0.0270. The van der Waals surface area contributed by atoms with Crippen molar-refractivity contribution in [2.75, 3.05) is 20.2 Å². The van der Waals surface area contributed by atoms with Crippen molar-refractivity contribution in [1.82, 2.24) is 9.88 Å². The van der Waals surface area contributed by atoms with E-state index in [9.17, 15) is 4.79 Å². The molecule has 0 spiro atoms. The predicted octanol–water partition coefficient (Wildman–Crippen LogP) is 5.98. The van der Waals surface area contributed by atoms with Gasteiger partial charge in [-0.3, -0.25) is 0 Å². The van der Waals surface area contributed by atoms with E-state index in [1.165, 1.54) is 5.57 Å². The van der Waals surface area contributed by atoms with E-state index in [-0.39, 0.29) is 6.09 Å². The molecule has 1 aliphatic rings. The van der Waals surface area contributed by atoms with Gasteiger partial charge in [0.2, 0.25) is 0 Å². The standard InChI is InChI=1S/C22H29ClN2O3/c1-13(2)19-16-11-15(18(27-6)12-17(16)24-20(19)23)14-7-9-25(10-8-14)21(26)28-22(3,4)5/h7,11-13,24H,8-10H2,1-6H3. The van der Waals surface area contributed by atoms with Crippen molar-refractivity contribution in [1.29, 1.82) is 0 Å². The number of aromatic amines is 1. The van der Waals surface area contributed by atoms with Gasteiger partial charge in [-0.25, -0.2) is 4.79 Å². The van der Waals surface area contributed by atoms with Gasteiger partial charge >= 0.3 is 6.09 Å². The molecule has 0 atom stereocenters. The number of hydrogen-bond donors (Lipinski definition) is 1. The van der Waals surface area contributed by atoms with Crippen molar-refractivity contribution in [2.24, 2.45) is 0 Å². The van der Waals surface area contributed by atoms with E-state index in [1.54, 1.807) is 12.0 Å². The van der Waals surface area contributed by atoms with Gasteiger partial charge in [-0.05, 0) is 50.3 Å². The lowest BCUT2D eigenvalue weighted by Gasteiger charge is -2.30. The monoisotopic (exact) mass is 404 g/mol. The number of amides is 1. The van der Waals surface area contributed by atoms with Crippen molar-refractivity contribution in [3.63, 3.8) is 0 Å². The van der Waals surface area contributed by atoms with Crippen LogP contribution < -0.4 is 4.74 Å². The van der Waals surface area contributed by atoms with Crippen molar-refractivity contribution < 1.29 is 14.3 Å². The van der Waals surface area contributed by atoms with Crippen LogP contribution in [0.1, 0.15) is 58.1 Å². The van der Waals surface area contributed by atoms with E-state index in [0.29, 0.717) is 24.2 Å². The molecule has 5 nitrogen and oxygen atoms in total. The molecule has 3 rings (SSSR count). The summed E-state index contributed by atoms with van der Waals surface area (Å²) in [6, 6.07) is 4.16. The number of aromatic nitrogens is 1. The van der Waals surface area contributed by atoms with Crippen LogP contribution in [-0.4, -0.2) is 41.8 Å². The molecule has 0 aliphatic carbocycles. The Labute approximate surface area is 171 Å². The first-order valence-corrected chi connectivity index (χ1v) is 10.0. The molecule has 28 heavy (non-hydrogen) atoms. The second-order valence-corrected chi connectivity index (χ2v) is 8.89. The number of methoxy groups -OCH3 is 1. The Kier molecular flexibility index (Phi) is 5.67. The fourth-order valence-corrected chi connectivity index (χ4v) is 4.02. The number of rotatable bonds is 3. The third kappa shape index (κ3) is 4.14. The van der Waals surface area contributed by atoms with Crippen LogP contribution in [0.3, 0.4) is 0 Å². The molecule has 1 aromatic heterocycles. The number of benzene rings is 1. The molecule has 152 valence electrons. The highest BCUT2D eigenvalue weighted by molar-refractivity contribution is 6.31. The van der Waals surface area contributed by atoms with Crippen molar-refractivity contribution >= 4 is 34.2 Å². The number of H-pyrrole nitrogens is 1. The van der Waals surface area contributed by atoms with Gasteiger partial charge in [0.05, 0.1) is 12.6 Å². The van der Waals surface area contributed by atoms with Crippen LogP contribution in [0.15, 0.2) is 18.2 Å². The van der Waals surface area contributed by atoms with Crippen LogP contribution >= 0.6 is 11.6 Å². The molecule has 2 heterocycles. The maximum Gasteiger partial charge on any atom is 0.410 e. The summed E-state index contributed by atoms with van der Waals surface area (Å²) < 4.78 is 11.1. The summed E-state index contributed by atoms with van der Waals surface area (Å²) in [5, 5.41) is 1.80. The Morgan fingerprint density at radius 2 is 2.00 bits per heavy atom. The number of nitrogens with one attached hydrogen (secondary N) is 1. The fourth-order valence-electron chi connectivity index (χ4n) is 3.60. The second-order valence-electron chi connectivity index (χ2n) is 8.51. The maximum absolute atomic E-state index is 12.3. The SMILES string of the molecule is COc1cc2[nH]c(Cl)c(C(C)C)c2cc1C1=CCN(C(=O)OC(C)(C)C)CC1. The third-order valence-electron chi connectivity index (χ3n) is 4.89. The van der Waals surface area contributed by atoms with Crippen molar-refractivity contribution in [3.05, 3.63) is 34.5 Å². The van der Waals surface area contributed by atoms with Gasteiger partial charge in [-0.1, -0.05) is 31.5 Å². The molecular formula is C22H29ClN2O3. The second kappa shape index (κ2) is 7.70. The minimum atomic E-state index is -0.490. The molecule has 0 radical (unpaired) electrons. The Balaban J connectivity index is 1.93. The van der Waals surface area contributed by atoms with Crippen LogP contribution in [-0.2, 0) is 4.74 Å². The first-order valence-electron chi connectivity index (χ1n) is 9.67. The first kappa shape index (κ1) is 20.6. The first-order chi connectivity index (χ1) is 13.1. The summed E-state index contributed by atoms with van der Waals surface area (Å²) in [7, 11) is 1.68. The van der Waals surface area contributed by atoms with E-state index in [1.807, 2.05) is 26.8 Å². The highest BCUT2D eigenvalue weighted by atomic mass is 35.5. The lowest BCUT2D eigenvalue weighted by atomic mass is 9.94. The van der Waals surface area contributed by atoms with E-state index < -0.39 is 5.60 Å². The molecule has 6 heteroatoms. The van der Waals surface area contributed by atoms with Gasteiger partial charge in [-0.2, -0.15) is 0 Å². The molecule has 1 aromatic carbocycles. The summed E-state index contributed by atoms with van der Waals surface area (Å²) in [4.78, 5) is 17.3. The zero-order valence-corrected chi connectivity index (χ0v) is 18.2. The van der Waals surface area contributed by atoms with E-state index in [2.05, 4.69) is 31.0 Å². The molecular weight excluding hydrogens is 376 g/mol. The molecule has 0 unspecified atom stereocenters. The minimum absolute atomic E-state index is 0.273. The quantitative estimate of drug-likeness (QED) is 0.684. The average Bonchev–Trinajstić information content (AvgIpc) is 2.94. The highest BCUT2D eigenvalue weighted by Crippen LogP contribution is 2.39. The van der Waals surface area contributed by atoms with E-state index >= 15 is 0 Å². The number of ether oxygens (including phenoxy) is 2. The summed E-state index contributed by atoms with van der Waals surface area (Å²) in [5.41, 5.74) is 3.83. The zero-order valence-electron chi connectivity index (χ0n) is 17.5. The molecule has 2 aromatic rings. The lowest BCUT2D eigenvalue weighted by Crippen LogP contribution is -2.39. The third-order valence-corrected chi connectivity index (χ3v) is 5.19. The van der Waals surface area contributed by atoms with Crippen LogP contribution in [0.5, 0.6) is 5.75 Å². The molecule has 1 N–H and O–H groups in total. The fraction of sp³-hybridized carbons (Fsp3) is 0.500. The van der Waals surface area contributed by atoms with Gasteiger partial charge < -0.3 is 19.4 Å². The Bertz CT molecular complexity index is 922. The number of carbonyl (C=O) groups excluding carboxylic acids is 1. The van der Waals surface area contributed by atoms with Crippen LogP contribution in [0.25, 0.3) is 16.5 Å². The normalized spacial score (nSPS) is 15.1. The van der Waals surface area contributed by atoms with Gasteiger partial charge in [-0.15, -0.1) is 0 Å². The molecule has 0 bridgehead atoms.